The third kappa shape index (κ3) is 3.92. The SMILES string of the molecule is CCCNCc1ccncc1Oc1ccc(Cl)c(F)c1. The minimum absolute atomic E-state index is 0.0772. The summed E-state index contributed by atoms with van der Waals surface area (Å²) in [7, 11) is 0. The average Bonchev–Trinajstić information content (AvgIpc) is 2.45. The second kappa shape index (κ2) is 7.22. The molecule has 0 bridgehead atoms. The molecule has 1 aromatic carbocycles. The summed E-state index contributed by atoms with van der Waals surface area (Å²) in [5, 5.41) is 3.37. The van der Waals surface area contributed by atoms with E-state index in [0.717, 1.165) is 18.5 Å². The molecule has 0 unspecified atom stereocenters. The number of benzene rings is 1. The average molecular weight is 295 g/mol. The molecule has 0 aliphatic heterocycles. The third-order valence-electron chi connectivity index (χ3n) is 2.73. The first kappa shape index (κ1) is 14.8. The van der Waals surface area contributed by atoms with Crippen LogP contribution in [0.15, 0.2) is 36.7 Å². The zero-order valence-electron chi connectivity index (χ0n) is 11.2. The van der Waals surface area contributed by atoms with Gasteiger partial charge in [-0.05, 0) is 31.2 Å². The van der Waals surface area contributed by atoms with Gasteiger partial charge in [0.15, 0.2) is 0 Å². The number of ether oxygens (including phenoxy) is 1. The van der Waals surface area contributed by atoms with E-state index in [0.29, 0.717) is 18.0 Å². The molecule has 0 atom stereocenters. The highest BCUT2D eigenvalue weighted by Crippen LogP contribution is 2.27. The molecule has 3 nitrogen and oxygen atoms in total. The Hall–Kier alpha value is -1.65. The minimum Gasteiger partial charge on any atom is -0.455 e. The van der Waals surface area contributed by atoms with Gasteiger partial charge in [0.1, 0.15) is 17.3 Å². The summed E-state index contributed by atoms with van der Waals surface area (Å²) in [5.41, 5.74) is 0.976. The topological polar surface area (TPSA) is 34.2 Å². The Morgan fingerprint density at radius 2 is 2.20 bits per heavy atom. The first-order valence-electron chi connectivity index (χ1n) is 6.47. The van der Waals surface area contributed by atoms with Gasteiger partial charge in [-0.1, -0.05) is 18.5 Å². The molecule has 1 N–H and O–H groups in total. The molecular formula is C15H16ClFN2O. The first-order valence-corrected chi connectivity index (χ1v) is 6.85. The van der Waals surface area contributed by atoms with Gasteiger partial charge in [0, 0.05) is 24.4 Å². The Kier molecular flexibility index (Phi) is 5.32. The number of hydrogen-bond acceptors (Lipinski definition) is 3. The van der Waals surface area contributed by atoms with Crippen LogP contribution in [0.25, 0.3) is 0 Å². The second-order valence-electron chi connectivity index (χ2n) is 4.34. The van der Waals surface area contributed by atoms with Gasteiger partial charge in [-0.2, -0.15) is 0 Å². The first-order chi connectivity index (χ1) is 9.70. The van der Waals surface area contributed by atoms with Gasteiger partial charge in [0.05, 0.1) is 11.2 Å². The summed E-state index contributed by atoms with van der Waals surface area (Å²) >= 11 is 5.65. The molecule has 0 radical (unpaired) electrons. The predicted molar refractivity (Wildman–Crippen MR) is 77.7 cm³/mol. The lowest BCUT2D eigenvalue weighted by Gasteiger charge is -2.11. The van der Waals surface area contributed by atoms with Gasteiger partial charge in [-0.3, -0.25) is 4.98 Å². The molecule has 0 saturated carbocycles. The predicted octanol–water partition coefficient (Wildman–Crippen LogP) is 4.17. The summed E-state index contributed by atoms with van der Waals surface area (Å²) in [6, 6.07) is 6.24. The van der Waals surface area contributed by atoms with Crippen LogP contribution in [0.3, 0.4) is 0 Å². The largest absolute Gasteiger partial charge is 0.455 e. The number of hydrogen-bond donors (Lipinski definition) is 1. The van der Waals surface area contributed by atoms with Gasteiger partial charge in [0.2, 0.25) is 0 Å². The maximum absolute atomic E-state index is 13.4. The van der Waals surface area contributed by atoms with Gasteiger partial charge < -0.3 is 10.1 Å². The molecule has 2 aromatic rings. The van der Waals surface area contributed by atoms with Crippen molar-refractivity contribution in [2.75, 3.05) is 6.54 Å². The molecule has 5 heteroatoms. The van der Waals surface area contributed by atoms with Crippen molar-refractivity contribution < 1.29 is 9.13 Å². The molecule has 1 heterocycles. The lowest BCUT2D eigenvalue weighted by Crippen LogP contribution is -2.14. The summed E-state index contributed by atoms with van der Waals surface area (Å²) in [6.07, 6.45) is 4.39. The van der Waals surface area contributed by atoms with Crippen molar-refractivity contribution in [3.63, 3.8) is 0 Å². The standard InChI is InChI=1S/C15H16ClFN2O/c1-2-6-18-9-11-5-7-19-10-15(11)20-12-3-4-13(16)14(17)8-12/h3-5,7-8,10,18H,2,6,9H2,1H3. The molecule has 0 fully saturated rings. The number of halogens is 2. The van der Waals surface area contributed by atoms with Crippen LogP contribution in [0.4, 0.5) is 4.39 Å². The molecule has 0 saturated heterocycles. The maximum atomic E-state index is 13.4. The Morgan fingerprint density at radius 3 is 2.95 bits per heavy atom. The maximum Gasteiger partial charge on any atom is 0.150 e. The Bertz CT molecular complexity index is 578. The smallest absolute Gasteiger partial charge is 0.150 e. The van der Waals surface area contributed by atoms with E-state index in [1.807, 2.05) is 6.07 Å². The van der Waals surface area contributed by atoms with Crippen molar-refractivity contribution in [1.82, 2.24) is 10.3 Å². The number of rotatable bonds is 6. The van der Waals surface area contributed by atoms with E-state index in [1.165, 1.54) is 12.1 Å². The molecule has 0 aliphatic carbocycles. The van der Waals surface area contributed by atoms with Crippen LogP contribution in [0.5, 0.6) is 11.5 Å². The number of pyridine rings is 1. The molecular weight excluding hydrogens is 279 g/mol. The molecule has 0 spiro atoms. The fourth-order valence-corrected chi connectivity index (χ4v) is 1.83. The zero-order valence-corrected chi connectivity index (χ0v) is 12.0. The van der Waals surface area contributed by atoms with Crippen molar-refractivity contribution in [3.05, 3.63) is 53.1 Å². The summed E-state index contributed by atoms with van der Waals surface area (Å²) in [5.74, 6) is 0.508. The van der Waals surface area contributed by atoms with Crippen molar-refractivity contribution in [3.8, 4) is 11.5 Å². The molecule has 1 aromatic heterocycles. The lowest BCUT2D eigenvalue weighted by atomic mass is 10.2. The molecule has 0 amide bonds. The highest BCUT2D eigenvalue weighted by molar-refractivity contribution is 6.30. The Labute approximate surface area is 122 Å². The van der Waals surface area contributed by atoms with Crippen LogP contribution >= 0.6 is 11.6 Å². The molecule has 106 valence electrons. The van der Waals surface area contributed by atoms with E-state index in [9.17, 15) is 4.39 Å². The van der Waals surface area contributed by atoms with E-state index >= 15 is 0 Å². The third-order valence-corrected chi connectivity index (χ3v) is 3.04. The molecule has 20 heavy (non-hydrogen) atoms. The van der Waals surface area contributed by atoms with Crippen LogP contribution in [-0.4, -0.2) is 11.5 Å². The Balaban J connectivity index is 2.13. The lowest BCUT2D eigenvalue weighted by molar-refractivity contribution is 0.465. The number of nitrogens with one attached hydrogen (secondary N) is 1. The van der Waals surface area contributed by atoms with Crippen molar-refractivity contribution in [2.45, 2.75) is 19.9 Å². The van der Waals surface area contributed by atoms with Crippen molar-refractivity contribution >= 4 is 11.6 Å². The highest BCUT2D eigenvalue weighted by Gasteiger charge is 2.07. The minimum atomic E-state index is -0.501. The monoisotopic (exact) mass is 294 g/mol. The molecule has 0 aliphatic rings. The van der Waals surface area contributed by atoms with Crippen LogP contribution in [0.1, 0.15) is 18.9 Å². The quantitative estimate of drug-likeness (QED) is 0.812. The van der Waals surface area contributed by atoms with Gasteiger partial charge >= 0.3 is 0 Å². The summed E-state index contributed by atoms with van der Waals surface area (Å²) in [4.78, 5) is 4.04. The summed E-state index contributed by atoms with van der Waals surface area (Å²) in [6.45, 7) is 3.71. The van der Waals surface area contributed by atoms with E-state index < -0.39 is 5.82 Å². The van der Waals surface area contributed by atoms with E-state index in [4.69, 9.17) is 16.3 Å². The van der Waals surface area contributed by atoms with Crippen molar-refractivity contribution in [1.29, 1.82) is 0 Å². The Morgan fingerprint density at radius 1 is 1.35 bits per heavy atom. The van der Waals surface area contributed by atoms with Crippen molar-refractivity contribution in [2.24, 2.45) is 0 Å². The normalized spacial score (nSPS) is 10.6. The zero-order chi connectivity index (χ0) is 14.4. The fraction of sp³-hybridized carbons (Fsp3) is 0.267. The number of nitrogens with zero attached hydrogens (tertiary/aromatic N) is 1. The van der Waals surface area contributed by atoms with E-state index in [-0.39, 0.29) is 5.02 Å². The number of aromatic nitrogens is 1. The second-order valence-corrected chi connectivity index (χ2v) is 4.75. The van der Waals surface area contributed by atoms with Crippen LogP contribution in [0.2, 0.25) is 5.02 Å². The highest BCUT2D eigenvalue weighted by atomic mass is 35.5. The van der Waals surface area contributed by atoms with Crippen LogP contribution in [-0.2, 0) is 6.54 Å². The molecule has 2 rings (SSSR count). The van der Waals surface area contributed by atoms with E-state index in [2.05, 4.69) is 17.2 Å². The van der Waals surface area contributed by atoms with Crippen LogP contribution in [0, 0.1) is 5.82 Å². The van der Waals surface area contributed by atoms with E-state index in [1.54, 1.807) is 18.5 Å². The summed E-state index contributed by atoms with van der Waals surface area (Å²) < 4.78 is 19.1. The van der Waals surface area contributed by atoms with Gasteiger partial charge in [0.25, 0.3) is 0 Å². The fourth-order valence-electron chi connectivity index (χ4n) is 1.71. The van der Waals surface area contributed by atoms with Crippen LogP contribution < -0.4 is 10.1 Å². The van der Waals surface area contributed by atoms with Gasteiger partial charge in [-0.25, -0.2) is 4.39 Å². The van der Waals surface area contributed by atoms with Gasteiger partial charge in [-0.15, -0.1) is 0 Å².